The van der Waals surface area contributed by atoms with Crippen molar-refractivity contribution in [1.82, 2.24) is 0 Å². The van der Waals surface area contributed by atoms with E-state index >= 15 is 0 Å². The van der Waals surface area contributed by atoms with Gasteiger partial charge in [0.2, 0.25) is 0 Å². The smallest absolute Gasteiger partial charge is 0.119 e. The molecule has 0 radical (unpaired) electrons. The van der Waals surface area contributed by atoms with Crippen molar-refractivity contribution in [3.05, 3.63) is 75.2 Å². The van der Waals surface area contributed by atoms with Crippen molar-refractivity contribution in [3.63, 3.8) is 0 Å². The Hall–Kier alpha value is -1.15. The van der Waals surface area contributed by atoms with E-state index in [2.05, 4.69) is 30.3 Å². The standard InChI is InChI=1S/C25H29Cl3O/c26-16-3-17-29-23-13-11-22(12-14-23)21-9-6-19(7-10-21)4-1-2-5-20-8-15-24(27)25(28)18-20/h3,8,11-16,18-19,21H,1-2,4-7,9-10,17H2. The van der Waals surface area contributed by atoms with Gasteiger partial charge in [0.15, 0.2) is 0 Å². The fourth-order valence-electron chi connectivity index (χ4n) is 4.26. The maximum absolute atomic E-state index is 6.10. The van der Waals surface area contributed by atoms with E-state index in [4.69, 9.17) is 39.5 Å². The summed E-state index contributed by atoms with van der Waals surface area (Å²) in [6, 6.07) is 14.6. The summed E-state index contributed by atoms with van der Waals surface area (Å²) in [4.78, 5) is 0. The van der Waals surface area contributed by atoms with Gasteiger partial charge in [-0.1, -0.05) is 65.8 Å². The van der Waals surface area contributed by atoms with E-state index in [0.717, 1.165) is 18.1 Å². The number of halogens is 3. The van der Waals surface area contributed by atoms with Gasteiger partial charge in [0, 0.05) is 5.54 Å². The van der Waals surface area contributed by atoms with Gasteiger partial charge in [-0.25, -0.2) is 0 Å². The van der Waals surface area contributed by atoms with E-state index in [1.165, 1.54) is 61.6 Å². The molecule has 1 saturated carbocycles. The molecule has 0 heterocycles. The molecule has 1 fully saturated rings. The highest BCUT2D eigenvalue weighted by molar-refractivity contribution is 6.42. The van der Waals surface area contributed by atoms with Crippen molar-refractivity contribution in [2.45, 2.75) is 57.3 Å². The molecule has 1 nitrogen and oxygen atoms in total. The number of unbranched alkanes of at least 4 members (excludes halogenated alkanes) is 1. The summed E-state index contributed by atoms with van der Waals surface area (Å²) < 4.78 is 5.62. The molecule has 1 aliphatic carbocycles. The normalized spacial score (nSPS) is 19.6. The third-order valence-corrected chi connectivity index (χ3v) is 6.86. The maximum atomic E-state index is 6.10. The summed E-state index contributed by atoms with van der Waals surface area (Å²) in [7, 11) is 0. The average molecular weight is 452 g/mol. The van der Waals surface area contributed by atoms with Crippen LogP contribution in [0.4, 0.5) is 0 Å². The molecule has 0 amide bonds. The first-order valence-electron chi connectivity index (χ1n) is 10.6. The van der Waals surface area contributed by atoms with Crippen molar-refractivity contribution in [1.29, 1.82) is 0 Å². The number of hydrogen-bond donors (Lipinski definition) is 0. The third kappa shape index (κ3) is 7.24. The molecule has 0 spiro atoms. The zero-order valence-electron chi connectivity index (χ0n) is 16.8. The second-order valence-corrected chi connectivity index (χ2v) is 9.02. The quantitative estimate of drug-likeness (QED) is 0.346. The minimum atomic E-state index is 0.513. The van der Waals surface area contributed by atoms with E-state index in [0.29, 0.717) is 22.6 Å². The molecule has 0 unspecified atom stereocenters. The summed E-state index contributed by atoms with van der Waals surface area (Å²) in [6.07, 6.45) is 12.0. The molecule has 0 aliphatic heterocycles. The van der Waals surface area contributed by atoms with Gasteiger partial charge < -0.3 is 4.74 Å². The average Bonchev–Trinajstić information content (AvgIpc) is 2.75. The lowest BCUT2D eigenvalue weighted by molar-refractivity contribution is 0.303. The van der Waals surface area contributed by atoms with Crippen molar-refractivity contribution < 1.29 is 4.74 Å². The van der Waals surface area contributed by atoms with Crippen LogP contribution in [0.1, 0.15) is 62.0 Å². The predicted molar refractivity (Wildman–Crippen MR) is 126 cm³/mol. The highest BCUT2D eigenvalue weighted by Gasteiger charge is 2.22. The number of rotatable bonds is 9. The third-order valence-electron chi connectivity index (χ3n) is 5.95. The molecule has 2 aromatic carbocycles. The van der Waals surface area contributed by atoms with Gasteiger partial charge >= 0.3 is 0 Å². The molecule has 156 valence electrons. The van der Waals surface area contributed by atoms with E-state index in [1.54, 1.807) is 6.08 Å². The Kier molecular flexibility index (Phi) is 9.24. The summed E-state index contributed by atoms with van der Waals surface area (Å²) >= 11 is 17.6. The Morgan fingerprint density at radius 3 is 2.34 bits per heavy atom. The summed E-state index contributed by atoms with van der Waals surface area (Å²) in [5, 5.41) is 1.30. The lowest BCUT2D eigenvalue weighted by Crippen LogP contribution is -2.13. The molecule has 29 heavy (non-hydrogen) atoms. The number of ether oxygens (including phenoxy) is 1. The monoisotopic (exact) mass is 450 g/mol. The van der Waals surface area contributed by atoms with E-state index in [-0.39, 0.29) is 0 Å². The van der Waals surface area contributed by atoms with Crippen molar-refractivity contribution in [2.75, 3.05) is 6.61 Å². The molecule has 0 atom stereocenters. The van der Waals surface area contributed by atoms with Gasteiger partial charge in [-0.15, -0.1) is 0 Å². The minimum absolute atomic E-state index is 0.513. The molecule has 0 aromatic heterocycles. The molecular weight excluding hydrogens is 423 g/mol. The van der Waals surface area contributed by atoms with Crippen LogP contribution in [0.15, 0.2) is 54.1 Å². The van der Waals surface area contributed by atoms with Crippen LogP contribution in [0.5, 0.6) is 5.75 Å². The molecule has 0 bridgehead atoms. The van der Waals surface area contributed by atoms with Crippen molar-refractivity contribution in [2.24, 2.45) is 5.92 Å². The van der Waals surface area contributed by atoms with Gasteiger partial charge in [0.05, 0.1) is 10.0 Å². The molecule has 2 aromatic rings. The van der Waals surface area contributed by atoms with Crippen LogP contribution in [0.2, 0.25) is 10.0 Å². The fourth-order valence-corrected chi connectivity index (χ4v) is 4.65. The van der Waals surface area contributed by atoms with Gasteiger partial charge in [-0.3, -0.25) is 0 Å². The Morgan fingerprint density at radius 2 is 1.66 bits per heavy atom. The van der Waals surface area contributed by atoms with E-state index < -0.39 is 0 Å². The van der Waals surface area contributed by atoms with Crippen LogP contribution >= 0.6 is 34.8 Å². The second kappa shape index (κ2) is 11.9. The van der Waals surface area contributed by atoms with Gasteiger partial charge in [0.1, 0.15) is 12.4 Å². The van der Waals surface area contributed by atoms with Crippen LogP contribution in [-0.2, 0) is 6.42 Å². The fraction of sp³-hybridized carbons (Fsp3) is 0.440. The van der Waals surface area contributed by atoms with Crippen LogP contribution in [-0.4, -0.2) is 6.61 Å². The molecule has 4 heteroatoms. The maximum Gasteiger partial charge on any atom is 0.119 e. The highest BCUT2D eigenvalue weighted by atomic mass is 35.5. The first kappa shape index (κ1) is 22.5. The van der Waals surface area contributed by atoms with Crippen LogP contribution < -0.4 is 4.74 Å². The first-order valence-corrected chi connectivity index (χ1v) is 11.8. The van der Waals surface area contributed by atoms with Crippen LogP contribution in [0.3, 0.4) is 0 Å². The van der Waals surface area contributed by atoms with Gasteiger partial charge in [-0.05, 0) is 91.8 Å². The molecule has 0 N–H and O–H groups in total. The Balaban J connectivity index is 1.35. The molecule has 1 aliphatic rings. The lowest BCUT2D eigenvalue weighted by Gasteiger charge is -2.29. The SMILES string of the molecule is ClC=CCOc1ccc(C2CCC(CCCCc3ccc(Cl)c(Cl)c3)CC2)cc1. The van der Waals surface area contributed by atoms with Crippen LogP contribution in [0.25, 0.3) is 0 Å². The van der Waals surface area contributed by atoms with Gasteiger partial charge in [0.25, 0.3) is 0 Å². The highest BCUT2D eigenvalue weighted by Crippen LogP contribution is 2.38. The van der Waals surface area contributed by atoms with Crippen LogP contribution in [0, 0.1) is 5.92 Å². The summed E-state index contributed by atoms with van der Waals surface area (Å²) in [5.74, 6) is 2.48. The zero-order valence-corrected chi connectivity index (χ0v) is 19.0. The Morgan fingerprint density at radius 1 is 0.897 bits per heavy atom. The van der Waals surface area contributed by atoms with Crippen molar-refractivity contribution >= 4 is 34.8 Å². The Labute approximate surface area is 190 Å². The minimum Gasteiger partial charge on any atom is -0.490 e. The lowest BCUT2D eigenvalue weighted by atomic mass is 9.77. The zero-order chi connectivity index (χ0) is 20.5. The first-order chi connectivity index (χ1) is 14.2. The topological polar surface area (TPSA) is 9.23 Å². The largest absolute Gasteiger partial charge is 0.490 e. The van der Waals surface area contributed by atoms with Gasteiger partial charge in [-0.2, -0.15) is 0 Å². The Bertz CT molecular complexity index is 777. The summed E-state index contributed by atoms with van der Waals surface area (Å²) in [6.45, 7) is 0.513. The molecule has 3 rings (SSSR count). The van der Waals surface area contributed by atoms with E-state index in [1.807, 2.05) is 12.1 Å². The number of hydrogen-bond acceptors (Lipinski definition) is 1. The second-order valence-electron chi connectivity index (χ2n) is 7.95. The molecule has 0 saturated heterocycles. The number of aryl methyl sites for hydroxylation is 1. The summed E-state index contributed by atoms with van der Waals surface area (Å²) in [5.41, 5.74) is 4.22. The predicted octanol–water partition coefficient (Wildman–Crippen LogP) is 8.81. The van der Waals surface area contributed by atoms with E-state index in [9.17, 15) is 0 Å². The molecular formula is C25H29Cl3O. The number of benzene rings is 2. The van der Waals surface area contributed by atoms with Crippen molar-refractivity contribution in [3.8, 4) is 5.75 Å².